The van der Waals surface area contributed by atoms with E-state index in [1.165, 1.54) is 12.1 Å². The van der Waals surface area contributed by atoms with Crippen molar-refractivity contribution in [2.75, 3.05) is 11.9 Å². The molecular formula is C13H11F3N4. The Morgan fingerprint density at radius 2 is 2.15 bits per heavy atom. The molecular weight excluding hydrogens is 269 g/mol. The smallest absolute Gasteiger partial charge is 0.383 e. The minimum Gasteiger partial charge on any atom is -0.383 e. The van der Waals surface area contributed by atoms with E-state index in [1.54, 1.807) is 29.2 Å². The Morgan fingerprint density at radius 3 is 2.75 bits per heavy atom. The highest BCUT2D eigenvalue weighted by Gasteiger charge is 2.33. The highest BCUT2D eigenvalue weighted by Crippen LogP contribution is 2.32. The SMILES string of the molecule is N#Cc1cc(NCCn2cccn2)ccc1C(F)(F)F. The molecule has 1 aromatic heterocycles. The number of rotatable bonds is 4. The van der Waals surface area contributed by atoms with Gasteiger partial charge in [-0.05, 0) is 24.3 Å². The first-order chi connectivity index (χ1) is 9.50. The molecule has 20 heavy (non-hydrogen) atoms. The lowest BCUT2D eigenvalue weighted by Gasteiger charge is -2.11. The molecule has 0 unspecified atom stereocenters. The van der Waals surface area contributed by atoms with Crippen molar-refractivity contribution in [3.05, 3.63) is 47.8 Å². The molecule has 0 fully saturated rings. The van der Waals surface area contributed by atoms with Gasteiger partial charge in [0.05, 0.1) is 23.7 Å². The van der Waals surface area contributed by atoms with Crippen LogP contribution in [0.3, 0.4) is 0 Å². The Labute approximate surface area is 113 Å². The first kappa shape index (κ1) is 13.9. The molecule has 2 rings (SSSR count). The summed E-state index contributed by atoms with van der Waals surface area (Å²) in [6.07, 6.45) is -1.08. The van der Waals surface area contributed by atoms with Gasteiger partial charge in [-0.1, -0.05) is 0 Å². The normalized spacial score (nSPS) is 11.1. The molecule has 1 heterocycles. The van der Waals surface area contributed by atoms with Crippen LogP contribution in [-0.4, -0.2) is 16.3 Å². The predicted molar refractivity (Wildman–Crippen MR) is 66.9 cm³/mol. The van der Waals surface area contributed by atoms with E-state index in [0.29, 0.717) is 18.8 Å². The third kappa shape index (κ3) is 3.29. The molecule has 0 aliphatic heterocycles. The van der Waals surface area contributed by atoms with Crippen LogP contribution in [0.5, 0.6) is 0 Å². The Kier molecular flexibility index (Phi) is 3.94. The fourth-order valence-electron chi connectivity index (χ4n) is 1.74. The Hall–Kier alpha value is -2.49. The third-order valence-electron chi connectivity index (χ3n) is 2.67. The van der Waals surface area contributed by atoms with Crippen LogP contribution < -0.4 is 5.32 Å². The average Bonchev–Trinajstić information content (AvgIpc) is 2.90. The molecule has 2 aromatic rings. The van der Waals surface area contributed by atoms with Crippen molar-refractivity contribution in [2.45, 2.75) is 12.7 Å². The fourth-order valence-corrected chi connectivity index (χ4v) is 1.74. The number of nitriles is 1. The van der Waals surface area contributed by atoms with E-state index in [1.807, 2.05) is 0 Å². The Balaban J connectivity index is 2.05. The number of nitrogens with one attached hydrogen (secondary N) is 1. The molecule has 4 nitrogen and oxygen atoms in total. The predicted octanol–water partition coefficient (Wildman–Crippen LogP) is 2.89. The van der Waals surface area contributed by atoms with Crippen LogP contribution in [0.15, 0.2) is 36.7 Å². The van der Waals surface area contributed by atoms with E-state index < -0.39 is 11.7 Å². The van der Waals surface area contributed by atoms with Crippen LogP contribution in [-0.2, 0) is 12.7 Å². The summed E-state index contributed by atoms with van der Waals surface area (Å²) in [6, 6.07) is 6.78. The van der Waals surface area contributed by atoms with E-state index in [0.717, 1.165) is 6.07 Å². The third-order valence-corrected chi connectivity index (χ3v) is 2.67. The van der Waals surface area contributed by atoms with Crippen molar-refractivity contribution in [3.63, 3.8) is 0 Å². The van der Waals surface area contributed by atoms with E-state index >= 15 is 0 Å². The second-order valence-electron chi connectivity index (χ2n) is 4.07. The number of aromatic nitrogens is 2. The van der Waals surface area contributed by atoms with Crippen LogP contribution in [0.2, 0.25) is 0 Å². The van der Waals surface area contributed by atoms with Gasteiger partial charge in [0, 0.05) is 24.6 Å². The van der Waals surface area contributed by atoms with E-state index in [9.17, 15) is 13.2 Å². The lowest BCUT2D eigenvalue weighted by Crippen LogP contribution is -2.12. The van der Waals surface area contributed by atoms with Crippen molar-refractivity contribution < 1.29 is 13.2 Å². The number of halogens is 3. The van der Waals surface area contributed by atoms with Crippen LogP contribution in [0, 0.1) is 11.3 Å². The van der Waals surface area contributed by atoms with Gasteiger partial charge in [0.15, 0.2) is 0 Å². The minimum absolute atomic E-state index is 0.387. The first-order valence-corrected chi connectivity index (χ1v) is 5.83. The molecule has 0 aliphatic carbocycles. The first-order valence-electron chi connectivity index (χ1n) is 5.83. The Morgan fingerprint density at radius 1 is 1.35 bits per heavy atom. The van der Waals surface area contributed by atoms with Gasteiger partial charge in [0.2, 0.25) is 0 Å². The van der Waals surface area contributed by atoms with Crippen LogP contribution in [0.4, 0.5) is 18.9 Å². The summed E-state index contributed by atoms with van der Waals surface area (Å²) in [7, 11) is 0. The zero-order valence-corrected chi connectivity index (χ0v) is 10.4. The highest BCUT2D eigenvalue weighted by molar-refractivity contribution is 5.53. The van der Waals surface area contributed by atoms with Crippen molar-refractivity contribution in [1.82, 2.24) is 9.78 Å². The molecule has 0 aliphatic rings. The maximum absolute atomic E-state index is 12.6. The quantitative estimate of drug-likeness (QED) is 0.937. The van der Waals surface area contributed by atoms with Crippen molar-refractivity contribution >= 4 is 5.69 Å². The zero-order valence-electron chi connectivity index (χ0n) is 10.4. The van der Waals surface area contributed by atoms with Crippen LogP contribution in [0.25, 0.3) is 0 Å². The zero-order chi connectivity index (χ0) is 14.6. The number of nitrogens with zero attached hydrogens (tertiary/aromatic N) is 3. The summed E-state index contributed by atoms with van der Waals surface area (Å²) in [6.45, 7) is 1.08. The molecule has 1 aromatic carbocycles. The van der Waals surface area contributed by atoms with Crippen molar-refractivity contribution in [3.8, 4) is 6.07 Å². The molecule has 0 saturated carbocycles. The number of anilines is 1. The summed E-state index contributed by atoms with van der Waals surface area (Å²) >= 11 is 0. The van der Waals surface area contributed by atoms with Gasteiger partial charge < -0.3 is 5.32 Å². The molecule has 0 radical (unpaired) electrons. The lowest BCUT2D eigenvalue weighted by molar-refractivity contribution is -0.137. The highest BCUT2D eigenvalue weighted by atomic mass is 19.4. The maximum Gasteiger partial charge on any atom is 0.417 e. The summed E-state index contributed by atoms with van der Waals surface area (Å²) in [5, 5.41) is 15.8. The average molecular weight is 280 g/mol. The van der Waals surface area contributed by atoms with E-state index in [-0.39, 0.29) is 5.56 Å². The van der Waals surface area contributed by atoms with E-state index in [4.69, 9.17) is 5.26 Å². The van der Waals surface area contributed by atoms with Gasteiger partial charge in [0.25, 0.3) is 0 Å². The van der Waals surface area contributed by atoms with Gasteiger partial charge >= 0.3 is 6.18 Å². The van der Waals surface area contributed by atoms with Gasteiger partial charge in [-0.25, -0.2) is 0 Å². The summed E-state index contributed by atoms with van der Waals surface area (Å²) in [5.74, 6) is 0. The van der Waals surface area contributed by atoms with Gasteiger partial charge in [-0.15, -0.1) is 0 Å². The summed E-state index contributed by atoms with van der Waals surface area (Å²) < 4.78 is 39.6. The molecule has 0 bridgehead atoms. The van der Waals surface area contributed by atoms with Crippen LogP contribution >= 0.6 is 0 Å². The van der Waals surface area contributed by atoms with Gasteiger partial charge in [0.1, 0.15) is 0 Å². The van der Waals surface area contributed by atoms with Crippen molar-refractivity contribution in [1.29, 1.82) is 5.26 Å². The summed E-state index contributed by atoms with van der Waals surface area (Å²) in [5.41, 5.74) is -0.832. The standard InChI is InChI=1S/C13H11F3N4/c14-13(15,16)12-3-2-11(8-10(12)9-17)18-5-7-20-6-1-4-19-20/h1-4,6,8,18H,5,7H2. The van der Waals surface area contributed by atoms with Crippen LogP contribution in [0.1, 0.15) is 11.1 Å². The molecule has 0 saturated heterocycles. The number of hydrogen-bond acceptors (Lipinski definition) is 3. The van der Waals surface area contributed by atoms with Crippen molar-refractivity contribution in [2.24, 2.45) is 0 Å². The molecule has 0 amide bonds. The number of hydrogen-bond donors (Lipinski definition) is 1. The molecule has 7 heteroatoms. The van der Waals surface area contributed by atoms with E-state index in [2.05, 4.69) is 10.4 Å². The second-order valence-corrected chi connectivity index (χ2v) is 4.07. The van der Waals surface area contributed by atoms with Gasteiger partial charge in [-0.3, -0.25) is 4.68 Å². The largest absolute Gasteiger partial charge is 0.417 e. The minimum atomic E-state index is -4.52. The van der Waals surface area contributed by atoms with Gasteiger partial charge in [-0.2, -0.15) is 23.5 Å². The fraction of sp³-hybridized carbons (Fsp3) is 0.231. The Bertz CT molecular complexity index is 612. The molecule has 0 atom stereocenters. The molecule has 1 N–H and O–H groups in total. The monoisotopic (exact) mass is 280 g/mol. The number of benzene rings is 1. The molecule has 0 spiro atoms. The summed E-state index contributed by atoms with van der Waals surface area (Å²) in [4.78, 5) is 0. The lowest BCUT2D eigenvalue weighted by atomic mass is 10.1. The maximum atomic E-state index is 12.6. The molecule has 104 valence electrons. The second kappa shape index (κ2) is 5.65. The topological polar surface area (TPSA) is 53.6 Å². The number of alkyl halides is 3.